The van der Waals surface area contributed by atoms with Crippen molar-refractivity contribution in [3.8, 4) is 0 Å². The average Bonchev–Trinajstić information content (AvgIpc) is 2.26. The third-order valence-corrected chi connectivity index (χ3v) is 2.32. The highest BCUT2D eigenvalue weighted by molar-refractivity contribution is 5.85. The first-order valence-corrected chi connectivity index (χ1v) is 5.76. The SMILES string of the molecule is CCCCNCC(C)=Cc1ccccc1.Cl. The van der Waals surface area contributed by atoms with Crippen LogP contribution in [0.3, 0.4) is 0 Å². The summed E-state index contributed by atoms with van der Waals surface area (Å²) in [7, 11) is 0. The third-order valence-electron chi connectivity index (χ3n) is 2.32. The summed E-state index contributed by atoms with van der Waals surface area (Å²) in [6, 6.07) is 10.5. The van der Waals surface area contributed by atoms with Gasteiger partial charge in [0.15, 0.2) is 0 Å². The summed E-state index contributed by atoms with van der Waals surface area (Å²) < 4.78 is 0. The zero-order valence-electron chi connectivity index (χ0n) is 10.2. The van der Waals surface area contributed by atoms with Gasteiger partial charge in [-0.05, 0) is 25.5 Å². The molecule has 0 fully saturated rings. The van der Waals surface area contributed by atoms with Crippen LogP contribution < -0.4 is 5.32 Å². The van der Waals surface area contributed by atoms with Gasteiger partial charge in [-0.15, -0.1) is 12.4 Å². The lowest BCUT2D eigenvalue weighted by molar-refractivity contribution is 0.672. The van der Waals surface area contributed by atoms with Crippen LogP contribution >= 0.6 is 12.4 Å². The molecule has 0 unspecified atom stereocenters. The Morgan fingerprint density at radius 2 is 1.94 bits per heavy atom. The lowest BCUT2D eigenvalue weighted by Gasteiger charge is -2.04. The molecule has 0 aliphatic rings. The minimum Gasteiger partial charge on any atom is -0.313 e. The molecule has 0 aliphatic heterocycles. The van der Waals surface area contributed by atoms with E-state index in [0.29, 0.717) is 0 Å². The molecule has 0 saturated carbocycles. The van der Waals surface area contributed by atoms with Crippen molar-refractivity contribution in [2.24, 2.45) is 0 Å². The molecular weight excluding hydrogens is 218 g/mol. The van der Waals surface area contributed by atoms with Crippen LogP contribution in [-0.2, 0) is 0 Å². The van der Waals surface area contributed by atoms with E-state index in [1.807, 2.05) is 6.07 Å². The highest BCUT2D eigenvalue weighted by Crippen LogP contribution is 2.04. The van der Waals surface area contributed by atoms with Gasteiger partial charge in [0.25, 0.3) is 0 Å². The number of halogens is 1. The number of unbranched alkanes of at least 4 members (excludes halogenated alkanes) is 1. The van der Waals surface area contributed by atoms with Crippen molar-refractivity contribution in [1.82, 2.24) is 5.32 Å². The van der Waals surface area contributed by atoms with Crippen molar-refractivity contribution in [2.45, 2.75) is 26.7 Å². The van der Waals surface area contributed by atoms with E-state index in [0.717, 1.165) is 13.1 Å². The Balaban J connectivity index is 0.00000225. The number of nitrogens with one attached hydrogen (secondary N) is 1. The smallest absolute Gasteiger partial charge is 0.0165 e. The standard InChI is InChI=1S/C14H21N.ClH/c1-3-4-10-15-12-13(2)11-14-8-6-5-7-9-14;/h5-9,11,15H,3-4,10,12H2,1-2H3;1H. The molecule has 1 nitrogen and oxygen atoms in total. The molecule has 0 saturated heterocycles. The molecule has 2 heteroatoms. The van der Waals surface area contributed by atoms with Gasteiger partial charge in [-0.1, -0.05) is 55.3 Å². The molecule has 0 amide bonds. The molecule has 1 aromatic rings. The zero-order chi connectivity index (χ0) is 10.9. The Kier molecular flexibility index (Phi) is 8.97. The van der Waals surface area contributed by atoms with Crippen LogP contribution in [0.1, 0.15) is 32.3 Å². The van der Waals surface area contributed by atoms with Crippen molar-refractivity contribution in [2.75, 3.05) is 13.1 Å². The highest BCUT2D eigenvalue weighted by atomic mass is 35.5. The molecule has 0 radical (unpaired) electrons. The summed E-state index contributed by atoms with van der Waals surface area (Å²) in [6.07, 6.45) is 4.76. The van der Waals surface area contributed by atoms with Crippen LogP contribution in [0.2, 0.25) is 0 Å². The van der Waals surface area contributed by atoms with E-state index >= 15 is 0 Å². The van der Waals surface area contributed by atoms with Gasteiger partial charge < -0.3 is 5.32 Å². The monoisotopic (exact) mass is 239 g/mol. The van der Waals surface area contributed by atoms with E-state index in [4.69, 9.17) is 0 Å². The van der Waals surface area contributed by atoms with E-state index in [1.165, 1.54) is 24.0 Å². The van der Waals surface area contributed by atoms with Crippen molar-refractivity contribution >= 4 is 18.5 Å². The number of rotatable bonds is 6. The normalized spacial score (nSPS) is 11.0. The Morgan fingerprint density at radius 3 is 2.56 bits per heavy atom. The first-order chi connectivity index (χ1) is 7.33. The van der Waals surface area contributed by atoms with Crippen molar-refractivity contribution in [1.29, 1.82) is 0 Å². The average molecular weight is 240 g/mol. The molecule has 1 aromatic carbocycles. The van der Waals surface area contributed by atoms with Gasteiger partial charge in [-0.2, -0.15) is 0 Å². The van der Waals surface area contributed by atoms with Gasteiger partial charge in [-0.3, -0.25) is 0 Å². The fourth-order valence-electron chi connectivity index (χ4n) is 1.47. The molecule has 0 bridgehead atoms. The lowest BCUT2D eigenvalue weighted by atomic mass is 10.1. The van der Waals surface area contributed by atoms with Crippen molar-refractivity contribution in [3.05, 3.63) is 41.5 Å². The molecule has 0 atom stereocenters. The van der Waals surface area contributed by atoms with Crippen LogP contribution in [-0.4, -0.2) is 13.1 Å². The van der Waals surface area contributed by atoms with E-state index in [1.54, 1.807) is 0 Å². The van der Waals surface area contributed by atoms with E-state index in [2.05, 4.69) is 49.5 Å². The topological polar surface area (TPSA) is 12.0 Å². The second-order valence-electron chi connectivity index (χ2n) is 3.93. The van der Waals surface area contributed by atoms with Crippen molar-refractivity contribution in [3.63, 3.8) is 0 Å². The minimum atomic E-state index is 0. The van der Waals surface area contributed by atoms with E-state index in [9.17, 15) is 0 Å². The maximum absolute atomic E-state index is 3.44. The molecule has 1 rings (SSSR count). The number of benzene rings is 1. The first kappa shape index (κ1) is 15.2. The summed E-state index contributed by atoms with van der Waals surface area (Å²) in [5.41, 5.74) is 2.67. The highest BCUT2D eigenvalue weighted by Gasteiger charge is 1.90. The maximum Gasteiger partial charge on any atom is 0.0165 e. The Bertz CT molecular complexity index is 293. The Labute approximate surface area is 105 Å². The predicted molar refractivity (Wildman–Crippen MR) is 75.1 cm³/mol. The lowest BCUT2D eigenvalue weighted by Crippen LogP contribution is -2.17. The zero-order valence-corrected chi connectivity index (χ0v) is 11.0. The summed E-state index contributed by atoms with van der Waals surface area (Å²) in [4.78, 5) is 0. The molecule has 0 aliphatic carbocycles. The van der Waals surface area contributed by atoms with Gasteiger partial charge in [0.05, 0.1) is 0 Å². The van der Waals surface area contributed by atoms with Crippen LogP contribution in [0.5, 0.6) is 0 Å². The summed E-state index contributed by atoms with van der Waals surface area (Å²) in [6.45, 7) is 6.51. The van der Waals surface area contributed by atoms with E-state index in [-0.39, 0.29) is 12.4 Å². The molecule has 90 valence electrons. The van der Waals surface area contributed by atoms with Gasteiger partial charge in [0, 0.05) is 6.54 Å². The minimum absolute atomic E-state index is 0. The third kappa shape index (κ3) is 6.65. The molecule has 0 heterocycles. The molecule has 0 aromatic heterocycles. The van der Waals surface area contributed by atoms with Crippen LogP contribution in [0, 0.1) is 0 Å². The second kappa shape index (κ2) is 9.44. The molecule has 0 spiro atoms. The quantitative estimate of drug-likeness (QED) is 0.743. The fraction of sp³-hybridized carbons (Fsp3) is 0.429. The van der Waals surface area contributed by atoms with Gasteiger partial charge >= 0.3 is 0 Å². The Morgan fingerprint density at radius 1 is 1.25 bits per heavy atom. The van der Waals surface area contributed by atoms with Crippen LogP contribution in [0.15, 0.2) is 35.9 Å². The first-order valence-electron chi connectivity index (χ1n) is 5.76. The predicted octanol–water partition coefficient (Wildman–Crippen LogP) is 3.90. The fourth-order valence-corrected chi connectivity index (χ4v) is 1.47. The summed E-state index contributed by atoms with van der Waals surface area (Å²) >= 11 is 0. The van der Waals surface area contributed by atoms with Crippen LogP contribution in [0.4, 0.5) is 0 Å². The van der Waals surface area contributed by atoms with Crippen molar-refractivity contribution < 1.29 is 0 Å². The van der Waals surface area contributed by atoms with Gasteiger partial charge in [0.1, 0.15) is 0 Å². The van der Waals surface area contributed by atoms with Crippen LogP contribution in [0.25, 0.3) is 6.08 Å². The Hall–Kier alpha value is -0.790. The molecule has 1 N–H and O–H groups in total. The number of hydrogen-bond donors (Lipinski definition) is 1. The second-order valence-corrected chi connectivity index (χ2v) is 3.93. The summed E-state index contributed by atoms with van der Waals surface area (Å²) in [5.74, 6) is 0. The molecule has 16 heavy (non-hydrogen) atoms. The largest absolute Gasteiger partial charge is 0.313 e. The van der Waals surface area contributed by atoms with E-state index < -0.39 is 0 Å². The van der Waals surface area contributed by atoms with Gasteiger partial charge in [0.2, 0.25) is 0 Å². The molecular formula is C14H22ClN. The summed E-state index contributed by atoms with van der Waals surface area (Å²) in [5, 5.41) is 3.44. The maximum atomic E-state index is 3.44. The van der Waals surface area contributed by atoms with Gasteiger partial charge in [-0.25, -0.2) is 0 Å². The number of hydrogen-bond acceptors (Lipinski definition) is 1.